The Morgan fingerprint density at radius 1 is 1.03 bits per heavy atom. The second kappa shape index (κ2) is 9.54. The van der Waals surface area contributed by atoms with Gasteiger partial charge in [0.05, 0.1) is 11.4 Å². The lowest BCUT2D eigenvalue weighted by Crippen LogP contribution is -2.15. The monoisotopic (exact) mass is 463 g/mol. The lowest BCUT2D eigenvalue weighted by atomic mass is 10.1. The highest BCUT2D eigenvalue weighted by atomic mass is 35.5. The number of benzene rings is 2. The van der Waals surface area contributed by atoms with E-state index in [1.165, 1.54) is 22.9 Å². The van der Waals surface area contributed by atoms with E-state index < -0.39 is 0 Å². The van der Waals surface area contributed by atoms with Crippen LogP contribution in [0.5, 0.6) is 0 Å². The summed E-state index contributed by atoms with van der Waals surface area (Å²) in [5.74, 6) is 0.746. The average Bonchev–Trinajstić information content (AvgIpc) is 3.22. The number of aryl methyl sites for hydroxylation is 2. The zero-order chi connectivity index (χ0) is 22.7. The van der Waals surface area contributed by atoms with Crippen LogP contribution in [0.15, 0.2) is 66.1 Å². The van der Waals surface area contributed by atoms with Crippen LogP contribution in [-0.4, -0.2) is 31.4 Å². The van der Waals surface area contributed by atoms with Crippen molar-refractivity contribution in [2.75, 3.05) is 11.1 Å². The van der Waals surface area contributed by atoms with Crippen molar-refractivity contribution in [3.8, 4) is 17.1 Å². The first-order chi connectivity index (χ1) is 15.4. The Bertz CT molecular complexity index is 1270. The molecule has 0 saturated carbocycles. The maximum atomic E-state index is 12.6. The van der Waals surface area contributed by atoms with Gasteiger partial charge in [-0.1, -0.05) is 35.5 Å². The minimum absolute atomic E-state index is 0.138. The molecule has 8 heteroatoms. The molecular formula is C24H22ClN5OS. The number of aromatic nitrogens is 4. The molecule has 0 aliphatic heterocycles. The van der Waals surface area contributed by atoms with Gasteiger partial charge in [-0.25, -0.2) is 0 Å². The van der Waals surface area contributed by atoms with Crippen LogP contribution in [0.25, 0.3) is 17.1 Å². The molecule has 0 spiro atoms. The fourth-order valence-electron chi connectivity index (χ4n) is 3.21. The van der Waals surface area contributed by atoms with Gasteiger partial charge in [0.15, 0.2) is 11.0 Å². The largest absolute Gasteiger partial charge is 0.325 e. The summed E-state index contributed by atoms with van der Waals surface area (Å²) >= 11 is 7.49. The number of anilines is 1. The lowest BCUT2D eigenvalue weighted by molar-refractivity contribution is -0.113. The van der Waals surface area contributed by atoms with Crippen molar-refractivity contribution >= 4 is 35.0 Å². The van der Waals surface area contributed by atoms with Crippen LogP contribution >= 0.6 is 23.4 Å². The summed E-state index contributed by atoms with van der Waals surface area (Å²) in [4.78, 5) is 16.7. The van der Waals surface area contributed by atoms with Crippen LogP contribution < -0.4 is 5.32 Å². The number of hydrogen-bond donors (Lipinski definition) is 1. The predicted octanol–water partition coefficient (Wildman–Crippen LogP) is 5.64. The van der Waals surface area contributed by atoms with Crippen LogP contribution in [0.2, 0.25) is 5.02 Å². The molecule has 1 amide bonds. The fourth-order valence-corrected chi connectivity index (χ4v) is 4.13. The first-order valence-electron chi connectivity index (χ1n) is 10.0. The summed E-state index contributed by atoms with van der Waals surface area (Å²) < 4.78 is 1.98. The topological polar surface area (TPSA) is 72.7 Å². The zero-order valence-electron chi connectivity index (χ0n) is 18.0. The van der Waals surface area contributed by atoms with E-state index in [1.807, 2.05) is 41.8 Å². The van der Waals surface area contributed by atoms with E-state index in [1.54, 1.807) is 18.5 Å². The lowest BCUT2D eigenvalue weighted by Gasteiger charge is -2.12. The second-order valence-electron chi connectivity index (χ2n) is 7.40. The molecule has 6 nitrogen and oxygen atoms in total. The maximum absolute atomic E-state index is 12.6. The standard InChI is InChI=1S/C24H22ClN5OS/c1-15-7-8-19(13-16(15)2)30-23(18-9-11-26-12-10-18)28-29-24(30)32-14-22(31)27-21-6-4-5-20(25)17(21)3/h4-13H,14H2,1-3H3,(H,27,31). The Morgan fingerprint density at radius 2 is 1.81 bits per heavy atom. The Labute approximate surface area is 196 Å². The van der Waals surface area contributed by atoms with Crippen molar-refractivity contribution < 1.29 is 4.79 Å². The SMILES string of the molecule is Cc1ccc(-n2c(SCC(=O)Nc3cccc(Cl)c3C)nnc2-c2ccncc2)cc1C. The van der Waals surface area contributed by atoms with Crippen molar-refractivity contribution in [2.45, 2.75) is 25.9 Å². The average molecular weight is 464 g/mol. The van der Waals surface area contributed by atoms with Gasteiger partial charge in [-0.15, -0.1) is 10.2 Å². The summed E-state index contributed by atoms with van der Waals surface area (Å²) in [5, 5.41) is 13.0. The molecule has 2 heterocycles. The first kappa shape index (κ1) is 22.0. The number of nitrogens with one attached hydrogen (secondary N) is 1. The summed E-state index contributed by atoms with van der Waals surface area (Å²) in [5.41, 5.74) is 5.76. The number of carbonyl (C=O) groups excluding carboxylic acids is 1. The summed E-state index contributed by atoms with van der Waals surface area (Å²) in [6.07, 6.45) is 3.45. The van der Waals surface area contributed by atoms with E-state index in [-0.39, 0.29) is 11.7 Å². The van der Waals surface area contributed by atoms with Gasteiger partial charge in [-0.3, -0.25) is 14.3 Å². The van der Waals surface area contributed by atoms with Gasteiger partial charge in [0.25, 0.3) is 0 Å². The van der Waals surface area contributed by atoms with Gasteiger partial charge in [0.1, 0.15) is 0 Å². The van der Waals surface area contributed by atoms with Gasteiger partial charge in [0.2, 0.25) is 5.91 Å². The molecule has 0 bridgehead atoms. The Kier molecular flexibility index (Phi) is 6.58. The van der Waals surface area contributed by atoms with E-state index in [2.05, 4.69) is 46.5 Å². The fraction of sp³-hybridized carbons (Fsp3) is 0.167. The van der Waals surface area contributed by atoms with E-state index in [0.717, 1.165) is 16.8 Å². The first-order valence-corrected chi connectivity index (χ1v) is 11.4. The normalized spacial score (nSPS) is 10.9. The summed E-state index contributed by atoms with van der Waals surface area (Å²) in [6, 6.07) is 15.4. The third-order valence-electron chi connectivity index (χ3n) is 5.19. The highest BCUT2D eigenvalue weighted by Gasteiger charge is 2.18. The molecule has 0 saturated heterocycles. The molecular weight excluding hydrogens is 442 g/mol. The number of hydrogen-bond acceptors (Lipinski definition) is 5. The van der Waals surface area contributed by atoms with Crippen molar-refractivity contribution in [1.29, 1.82) is 0 Å². The molecule has 0 radical (unpaired) electrons. The summed E-state index contributed by atoms with van der Waals surface area (Å²) in [6.45, 7) is 6.03. The van der Waals surface area contributed by atoms with Crippen LogP contribution in [-0.2, 0) is 4.79 Å². The van der Waals surface area contributed by atoms with Gasteiger partial charge in [0, 0.05) is 28.7 Å². The number of thioether (sulfide) groups is 1. The molecule has 4 aromatic rings. The molecule has 2 aromatic heterocycles. The highest BCUT2D eigenvalue weighted by Crippen LogP contribution is 2.29. The Balaban J connectivity index is 1.62. The zero-order valence-corrected chi connectivity index (χ0v) is 19.5. The van der Waals surface area contributed by atoms with Gasteiger partial charge in [-0.05, 0) is 73.9 Å². The number of halogens is 1. The van der Waals surface area contributed by atoms with Gasteiger partial charge in [-0.2, -0.15) is 0 Å². The minimum atomic E-state index is -0.138. The molecule has 0 fully saturated rings. The van der Waals surface area contributed by atoms with Crippen molar-refractivity contribution in [1.82, 2.24) is 19.7 Å². The predicted molar refractivity (Wildman–Crippen MR) is 130 cm³/mol. The molecule has 0 atom stereocenters. The molecule has 2 aromatic carbocycles. The van der Waals surface area contributed by atoms with Crippen molar-refractivity contribution in [2.24, 2.45) is 0 Å². The maximum Gasteiger partial charge on any atom is 0.234 e. The Hall–Kier alpha value is -3.16. The smallest absolute Gasteiger partial charge is 0.234 e. The number of pyridine rings is 1. The molecule has 0 aliphatic carbocycles. The van der Waals surface area contributed by atoms with E-state index in [9.17, 15) is 4.79 Å². The molecule has 32 heavy (non-hydrogen) atoms. The minimum Gasteiger partial charge on any atom is -0.325 e. The number of amides is 1. The number of carbonyl (C=O) groups is 1. The number of nitrogens with zero attached hydrogens (tertiary/aromatic N) is 4. The molecule has 0 unspecified atom stereocenters. The second-order valence-corrected chi connectivity index (χ2v) is 8.74. The van der Waals surface area contributed by atoms with Crippen LogP contribution in [0.3, 0.4) is 0 Å². The molecule has 4 rings (SSSR count). The molecule has 162 valence electrons. The number of rotatable bonds is 6. The van der Waals surface area contributed by atoms with Crippen molar-refractivity contribution in [3.63, 3.8) is 0 Å². The van der Waals surface area contributed by atoms with Crippen molar-refractivity contribution in [3.05, 3.63) is 82.6 Å². The Morgan fingerprint density at radius 3 is 2.56 bits per heavy atom. The summed E-state index contributed by atoms with van der Waals surface area (Å²) in [7, 11) is 0. The molecule has 0 aliphatic rings. The van der Waals surface area contributed by atoms with Crippen LogP contribution in [0.1, 0.15) is 16.7 Å². The van der Waals surface area contributed by atoms with E-state index >= 15 is 0 Å². The third-order valence-corrected chi connectivity index (χ3v) is 6.53. The van der Waals surface area contributed by atoms with Gasteiger partial charge >= 0.3 is 0 Å². The highest BCUT2D eigenvalue weighted by molar-refractivity contribution is 7.99. The third kappa shape index (κ3) is 4.69. The molecule has 1 N–H and O–H groups in total. The quantitative estimate of drug-likeness (QED) is 0.374. The van der Waals surface area contributed by atoms with E-state index in [4.69, 9.17) is 11.6 Å². The van der Waals surface area contributed by atoms with E-state index in [0.29, 0.717) is 21.7 Å². The van der Waals surface area contributed by atoms with Crippen LogP contribution in [0, 0.1) is 20.8 Å². The van der Waals surface area contributed by atoms with Crippen LogP contribution in [0.4, 0.5) is 5.69 Å². The van der Waals surface area contributed by atoms with Gasteiger partial charge < -0.3 is 5.32 Å².